The molecule has 2 atom stereocenters. The Kier molecular flexibility index (Phi) is 3.35. The van der Waals surface area contributed by atoms with E-state index >= 15 is 0 Å². The van der Waals surface area contributed by atoms with Gasteiger partial charge < -0.3 is 4.89 Å². The van der Waals surface area contributed by atoms with Crippen LogP contribution in [-0.4, -0.2) is 17.7 Å². The largest absolute Gasteiger partial charge is 0.326 e. The molecule has 0 bridgehead atoms. The van der Waals surface area contributed by atoms with Crippen LogP contribution in [0.15, 0.2) is 0 Å². The van der Waals surface area contributed by atoms with Gasteiger partial charge in [-0.2, -0.15) is 0 Å². The summed E-state index contributed by atoms with van der Waals surface area (Å²) >= 11 is 0. The number of nitrogens with one attached hydrogen (secondary N) is 1. The van der Waals surface area contributed by atoms with Crippen molar-refractivity contribution in [1.29, 1.82) is 0 Å². The van der Waals surface area contributed by atoms with E-state index in [9.17, 15) is 4.57 Å². The Labute approximate surface area is 60.5 Å². The van der Waals surface area contributed by atoms with Crippen LogP contribution in [0, 0.1) is 0 Å². The molecule has 0 saturated carbocycles. The first-order chi connectivity index (χ1) is 4.79. The third-order valence-electron chi connectivity index (χ3n) is 1.51. The van der Waals surface area contributed by atoms with Crippen molar-refractivity contribution in [2.45, 2.75) is 25.5 Å². The molecule has 1 saturated heterocycles. The van der Waals surface area contributed by atoms with E-state index < -0.39 is 8.25 Å². The zero-order chi connectivity index (χ0) is 7.40. The number of rotatable bonds is 2. The molecule has 5 heteroatoms. The molecule has 1 heterocycles. The molecule has 4 nitrogen and oxygen atoms in total. The highest BCUT2D eigenvalue weighted by atomic mass is 31.1. The first-order valence-electron chi connectivity index (χ1n) is 3.42. The molecule has 0 aromatic heterocycles. The molecule has 1 aliphatic rings. The van der Waals surface area contributed by atoms with Crippen molar-refractivity contribution < 1.29 is 14.0 Å². The molecule has 10 heavy (non-hydrogen) atoms. The fourth-order valence-electron chi connectivity index (χ4n) is 1.04. The van der Waals surface area contributed by atoms with E-state index in [1.165, 1.54) is 0 Å². The van der Waals surface area contributed by atoms with Gasteiger partial charge in [0.05, 0.1) is 0 Å². The Balaban J connectivity index is 2.19. The van der Waals surface area contributed by atoms with Gasteiger partial charge in [0.2, 0.25) is 0 Å². The van der Waals surface area contributed by atoms with Crippen LogP contribution >= 0.6 is 8.25 Å². The minimum atomic E-state index is -2.75. The van der Waals surface area contributed by atoms with Gasteiger partial charge in [-0.15, -0.1) is 0 Å². The van der Waals surface area contributed by atoms with Gasteiger partial charge in [0.15, 0.2) is 0 Å². The summed E-state index contributed by atoms with van der Waals surface area (Å²) in [5.41, 5.74) is 0. The molecule has 1 fully saturated rings. The van der Waals surface area contributed by atoms with Gasteiger partial charge in [0, 0.05) is 0 Å². The predicted octanol–water partition coefficient (Wildman–Crippen LogP) is 0.485. The first kappa shape index (κ1) is 8.21. The predicted molar refractivity (Wildman–Crippen MR) is 37.9 cm³/mol. The molecule has 0 radical (unpaired) electrons. The highest BCUT2D eigenvalue weighted by Gasteiger charge is 2.13. The maximum absolute atomic E-state index is 10.2. The highest BCUT2D eigenvalue weighted by Crippen LogP contribution is 2.21. The van der Waals surface area contributed by atoms with Crippen molar-refractivity contribution in [3.63, 3.8) is 0 Å². The molecule has 0 spiro atoms. The minimum absolute atomic E-state index is 0.190. The van der Waals surface area contributed by atoms with Gasteiger partial charge in [-0.05, 0) is 25.8 Å². The van der Waals surface area contributed by atoms with E-state index in [2.05, 4.69) is 9.84 Å². The molecule has 1 unspecified atom stereocenters. The van der Waals surface area contributed by atoms with E-state index in [1.807, 2.05) is 0 Å². The fourth-order valence-corrected chi connectivity index (χ4v) is 1.49. The third-order valence-corrected chi connectivity index (χ3v) is 1.99. The van der Waals surface area contributed by atoms with E-state index in [1.54, 1.807) is 0 Å². The standard InChI is InChI=1S/C5H12NO3P/c7-10(8)9-5-3-1-2-4-6-5/h5-6,10H,1-4H2,(H,7,8)/t5-/m1/s1. The summed E-state index contributed by atoms with van der Waals surface area (Å²) in [5, 5.41) is 2.99. The van der Waals surface area contributed by atoms with Crippen LogP contribution in [0.2, 0.25) is 0 Å². The molecule has 60 valence electrons. The van der Waals surface area contributed by atoms with E-state index in [0.717, 1.165) is 25.8 Å². The molecular weight excluding hydrogens is 153 g/mol. The zero-order valence-corrected chi connectivity index (χ0v) is 6.67. The Hall–Kier alpha value is 0.110. The van der Waals surface area contributed by atoms with E-state index in [4.69, 9.17) is 4.89 Å². The maximum atomic E-state index is 10.2. The van der Waals surface area contributed by atoms with Crippen LogP contribution in [0.3, 0.4) is 0 Å². The van der Waals surface area contributed by atoms with Crippen LogP contribution in [0.1, 0.15) is 19.3 Å². The summed E-state index contributed by atoms with van der Waals surface area (Å²) in [7, 11) is -2.75. The zero-order valence-electron chi connectivity index (χ0n) is 5.67. The van der Waals surface area contributed by atoms with Crippen LogP contribution in [0.4, 0.5) is 0 Å². The molecule has 0 aromatic carbocycles. The normalized spacial score (nSPS) is 29.9. The van der Waals surface area contributed by atoms with Crippen molar-refractivity contribution >= 4 is 8.25 Å². The first-order valence-corrected chi connectivity index (χ1v) is 4.68. The van der Waals surface area contributed by atoms with E-state index in [-0.39, 0.29) is 6.23 Å². The van der Waals surface area contributed by atoms with Crippen LogP contribution < -0.4 is 5.32 Å². The third kappa shape index (κ3) is 2.80. The molecular formula is C5H12NO3P. The molecule has 0 amide bonds. The summed E-state index contributed by atoms with van der Waals surface area (Å²) in [5.74, 6) is 0. The summed E-state index contributed by atoms with van der Waals surface area (Å²) in [4.78, 5) is 8.39. The van der Waals surface area contributed by atoms with Crippen molar-refractivity contribution in [2.24, 2.45) is 0 Å². The molecule has 0 aromatic rings. The van der Waals surface area contributed by atoms with Gasteiger partial charge in [-0.3, -0.25) is 14.4 Å². The van der Waals surface area contributed by atoms with Gasteiger partial charge in [0.1, 0.15) is 6.23 Å². The summed E-state index contributed by atoms with van der Waals surface area (Å²) in [6, 6.07) is 0. The Morgan fingerprint density at radius 3 is 2.90 bits per heavy atom. The number of hydrogen-bond acceptors (Lipinski definition) is 3. The molecule has 0 aliphatic carbocycles. The van der Waals surface area contributed by atoms with Crippen molar-refractivity contribution in [3.05, 3.63) is 0 Å². The maximum Gasteiger partial charge on any atom is 0.318 e. The Bertz CT molecular complexity index is 124. The van der Waals surface area contributed by atoms with Crippen LogP contribution in [0.25, 0.3) is 0 Å². The van der Waals surface area contributed by atoms with Crippen molar-refractivity contribution in [3.8, 4) is 0 Å². The van der Waals surface area contributed by atoms with E-state index in [0.29, 0.717) is 0 Å². The summed E-state index contributed by atoms with van der Waals surface area (Å²) < 4.78 is 14.9. The fraction of sp³-hybridized carbons (Fsp3) is 1.00. The van der Waals surface area contributed by atoms with Crippen LogP contribution in [-0.2, 0) is 9.09 Å². The lowest BCUT2D eigenvalue weighted by Crippen LogP contribution is -2.34. The molecule has 2 N–H and O–H groups in total. The second-order valence-corrected chi connectivity index (χ2v) is 3.09. The number of hydrogen-bond donors (Lipinski definition) is 2. The lowest BCUT2D eigenvalue weighted by molar-refractivity contribution is 0.126. The quantitative estimate of drug-likeness (QED) is 0.584. The average molecular weight is 165 g/mol. The van der Waals surface area contributed by atoms with Crippen LogP contribution in [0.5, 0.6) is 0 Å². The van der Waals surface area contributed by atoms with Gasteiger partial charge in [-0.25, -0.2) is 0 Å². The monoisotopic (exact) mass is 165 g/mol. The lowest BCUT2D eigenvalue weighted by Gasteiger charge is -2.21. The highest BCUT2D eigenvalue weighted by molar-refractivity contribution is 7.32. The summed E-state index contributed by atoms with van der Waals surface area (Å²) in [6.07, 6.45) is 2.86. The second-order valence-electron chi connectivity index (χ2n) is 2.32. The second kappa shape index (κ2) is 4.09. The lowest BCUT2D eigenvalue weighted by atomic mass is 10.1. The van der Waals surface area contributed by atoms with Crippen molar-refractivity contribution in [2.75, 3.05) is 6.54 Å². The topological polar surface area (TPSA) is 58.6 Å². The van der Waals surface area contributed by atoms with Gasteiger partial charge in [-0.1, -0.05) is 0 Å². The average Bonchev–Trinajstić information content (AvgIpc) is 1.88. The Morgan fingerprint density at radius 2 is 2.40 bits per heavy atom. The van der Waals surface area contributed by atoms with Gasteiger partial charge >= 0.3 is 8.25 Å². The number of piperidine rings is 1. The molecule has 1 rings (SSSR count). The van der Waals surface area contributed by atoms with Gasteiger partial charge in [0.25, 0.3) is 0 Å². The molecule has 1 aliphatic heterocycles. The minimum Gasteiger partial charge on any atom is -0.326 e. The van der Waals surface area contributed by atoms with Crippen molar-refractivity contribution in [1.82, 2.24) is 5.32 Å². The smallest absolute Gasteiger partial charge is 0.318 e. The SMILES string of the molecule is O=[PH](O)O[C@@H]1CCCCN1. The summed E-state index contributed by atoms with van der Waals surface area (Å²) in [6.45, 7) is 0.889. The Morgan fingerprint density at radius 1 is 1.60 bits per heavy atom.